The van der Waals surface area contributed by atoms with E-state index >= 15 is 0 Å². The summed E-state index contributed by atoms with van der Waals surface area (Å²) < 4.78 is 10.6. The molecule has 2 aromatic rings. The molecule has 0 saturated heterocycles. The Labute approximate surface area is 104 Å². The van der Waals surface area contributed by atoms with Gasteiger partial charge in [-0.1, -0.05) is 6.07 Å². The average molecular weight is 247 g/mol. The molecule has 2 aromatic heterocycles. The number of carboxylic acids is 1. The highest BCUT2D eigenvalue weighted by molar-refractivity contribution is 5.78. The van der Waals surface area contributed by atoms with Crippen LogP contribution >= 0.6 is 0 Å². The summed E-state index contributed by atoms with van der Waals surface area (Å²) in [6, 6.07) is 6.79. The van der Waals surface area contributed by atoms with Gasteiger partial charge in [0, 0.05) is 18.0 Å². The smallest absolute Gasteiger partial charge is 0.340 e. The Kier molecular flexibility index (Phi) is 3.43. The summed E-state index contributed by atoms with van der Waals surface area (Å²) in [7, 11) is 0. The SMILES string of the molecule is CC(OCc1ccco1)(C(=O)O)c1cccnc1. The summed E-state index contributed by atoms with van der Waals surface area (Å²) in [5, 5.41) is 9.33. The second-order valence-electron chi connectivity index (χ2n) is 3.95. The molecular formula is C13H13NO4. The van der Waals surface area contributed by atoms with Crippen LogP contribution in [-0.4, -0.2) is 16.1 Å². The van der Waals surface area contributed by atoms with E-state index in [1.165, 1.54) is 19.4 Å². The monoisotopic (exact) mass is 247 g/mol. The number of ether oxygens (including phenoxy) is 1. The molecule has 1 unspecified atom stereocenters. The quantitative estimate of drug-likeness (QED) is 0.876. The molecule has 0 amide bonds. The fraction of sp³-hybridized carbons (Fsp3) is 0.231. The van der Waals surface area contributed by atoms with Gasteiger partial charge in [-0.2, -0.15) is 0 Å². The molecular weight excluding hydrogens is 234 g/mol. The predicted octanol–water partition coefficient (Wildman–Crippen LogP) is 2.19. The summed E-state index contributed by atoms with van der Waals surface area (Å²) in [5.74, 6) is -0.492. The maximum Gasteiger partial charge on any atom is 0.340 e. The Morgan fingerprint density at radius 1 is 1.50 bits per heavy atom. The van der Waals surface area contributed by atoms with Crippen LogP contribution in [0.1, 0.15) is 18.2 Å². The lowest BCUT2D eigenvalue weighted by Crippen LogP contribution is -2.35. The van der Waals surface area contributed by atoms with E-state index < -0.39 is 11.6 Å². The second kappa shape index (κ2) is 5.01. The van der Waals surface area contributed by atoms with Crippen LogP contribution in [0.4, 0.5) is 0 Å². The van der Waals surface area contributed by atoms with Gasteiger partial charge in [-0.3, -0.25) is 4.98 Å². The lowest BCUT2D eigenvalue weighted by molar-refractivity contribution is -0.167. The van der Waals surface area contributed by atoms with E-state index in [1.54, 1.807) is 30.5 Å². The largest absolute Gasteiger partial charge is 0.479 e. The lowest BCUT2D eigenvalue weighted by Gasteiger charge is -2.24. The minimum absolute atomic E-state index is 0.0880. The molecule has 94 valence electrons. The molecule has 1 atom stereocenters. The molecule has 5 heteroatoms. The molecule has 0 bridgehead atoms. The number of hydrogen-bond acceptors (Lipinski definition) is 4. The number of hydrogen-bond donors (Lipinski definition) is 1. The van der Waals surface area contributed by atoms with Crippen molar-refractivity contribution in [2.75, 3.05) is 0 Å². The Hall–Kier alpha value is -2.14. The van der Waals surface area contributed by atoms with E-state index in [0.717, 1.165) is 0 Å². The zero-order valence-electron chi connectivity index (χ0n) is 9.87. The Morgan fingerprint density at radius 2 is 2.33 bits per heavy atom. The van der Waals surface area contributed by atoms with Crippen molar-refractivity contribution in [2.45, 2.75) is 19.1 Å². The molecule has 0 saturated carbocycles. The van der Waals surface area contributed by atoms with Gasteiger partial charge in [-0.15, -0.1) is 0 Å². The van der Waals surface area contributed by atoms with Crippen molar-refractivity contribution >= 4 is 5.97 Å². The van der Waals surface area contributed by atoms with Crippen LogP contribution in [0.25, 0.3) is 0 Å². The standard InChI is InChI=1S/C13H13NO4/c1-13(12(15)16,10-4-2-6-14-8-10)18-9-11-5-3-7-17-11/h2-8H,9H2,1H3,(H,15,16). The van der Waals surface area contributed by atoms with Gasteiger partial charge >= 0.3 is 5.97 Å². The molecule has 0 spiro atoms. The van der Waals surface area contributed by atoms with Gasteiger partial charge in [-0.25, -0.2) is 4.79 Å². The number of pyridine rings is 1. The summed E-state index contributed by atoms with van der Waals surface area (Å²) in [4.78, 5) is 15.3. The Bertz CT molecular complexity index is 509. The second-order valence-corrected chi connectivity index (χ2v) is 3.95. The fourth-order valence-corrected chi connectivity index (χ4v) is 1.52. The van der Waals surface area contributed by atoms with Gasteiger partial charge in [0.1, 0.15) is 12.4 Å². The van der Waals surface area contributed by atoms with Crippen LogP contribution < -0.4 is 0 Å². The highest BCUT2D eigenvalue weighted by Crippen LogP contribution is 2.26. The highest BCUT2D eigenvalue weighted by Gasteiger charge is 2.36. The maximum absolute atomic E-state index is 11.4. The third-order valence-corrected chi connectivity index (χ3v) is 2.70. The van der Waals surface area contributed by atoms with Crippen LogP contribution in [0.5, 0.6) is 0 Å². The molecule has 0 aromatic carbocycles. The van der Waals surface area contributed by atoms with Gasteiger partial charge in [0.2, 0.25) is 0 Å². The van der Waals surface area contributed by atoms with E-state index in [9.17, 15) is 9.90 Å². The number of aliphatic carboxylic acids is 1. The third-order valence-electron chi connectivity index (χ3n) is 2.70. The zero-order valence-corrected chi connectivity index (χ0v) is 9.87. The normalized spacial score (nSPS) is 14.1. The van der Waals surface area contributed by atoms with Gasteiger partial charge in [0.25, 0.3) is 0 Å². The van der Waals surface area contributed by atoms with Gasteiger partial charge in [-0.05, 0) is 25.1 Å². The highest BCUT2D eigenvalue weighted by atomic mass is 16.5. The number of nitrogens with zero attached hydrogens (tertiary/aromatic N) is 1. The summed E-state index contributed by atoms with van der Waals surface area (Å²) in [5.41, 5.74) is -0.954. The summed E-state index contributed by atoms with van der Waals surface area (Å²) in [6.45, 7) is 1.58. The number of furan rings is 1. The summed E-state index contributed by atoms with van der Waals surface area (Å²) in [6.07, 6.45) is 4.58. The third kappa shape index (κ3) is 2.41. The Balaban J connectivity index is 2.20. The van der Waals surface area contributed by atoms with Crippen molar-refractivity contribution in [3.63, 3.8) is 0 Å². The minimum Gasteiger partial charge on any atom is -0.479 e. The maximum atomic E-state index is 11.4. The van der Waals surface area contributed by atoms with Crippen LogP contribution in [0, 0.1) is 0 Å². The molecule has 0 radical (unpaired) electrons. The molecule has 2 heterocycles. The molecule has 0 aliphatic rings. The van der Waals surface area contributed by atoms with Gasteiger partial charge in [0.05, 0.1) is 6.26 Å². The van der Waals surface area contributed by atoms with E-state index in [-0.39, 0.29) is 6.61 Å². The topological polar surface area (TPSA) is 72.6 Å². The first-order chi connectivity index (χ1) is 8.63. The van der Waals surface area contributed by atoms with Crippen molar-refractivity contribution in [1.82, 2.24) is 4.98 Å². The first-order valence-electron chi connectivity index (χ1n) is 5.43. The van der Waals surface area contributed by atoms with E-state index in [4.69, 9.17) is 9.15 Å². The van der Waals surface area contributed by atoms with Crippen LogP contribution in [0.3, 0.4) is 0 Å². The molecule has 18 heavy (non-hydrogen) atoms. The van der Waals surface area contributed by atoms with Gasteiger partial charge < -0.3 is 14.3 Å². The average Bonchev–Trinajstić information content (AvgIpc) is 2.90. The molecule has 5 nitrogen and oxygen atoms in total. The predicted molar refractivity (Wildman–Crippen MR) is 62.7 cm³/mol. The number of carbonyl (C=O) groups is 1. The number of rotatable bonds is 5. The molecule has 0 aliphatic heterocycles. The van der Waals surface area contributed by atoms with Crippen LogP contribution in [0.15, 0.2) is 47.3 Å². The first-order valence-corrected chi connectivity index (χ1v) is 5.43. The molecule has 0 aliphatic carbocycles. The van der Waals surface area contributed by atoms with E-state index in [2.05, 4.69) is 4.98 Å². The number of carboxylic acid groups (broad SMARTS) is 1. The first kappa shape index (κ1) is 12.3. The van der Waals surface area contributed by atoms with E-state index in [1.807, 2.05) is 0 Å². The van der Waals surface area contributed by atoms with Crippen LogP contribution in [0.2, 0.25) is 0 Å². The van der Waals surface area contributed by atoms with Crippen molar-refractivity contribution in [3.8, 4) is 0 Å². The minimum atomic E-state index is -1.44. The van der Waals surface area contributed by atoms with Crippen molar-refractivity contribution in [3.05, 3.63) is 54.2 Å². The zero-order chi connectivity index (χ0) is 13.0. The molecule has 0 fully saturated rings. The van der Waals surface area contributed by atoms with E-state index in [0.29, 0.717) is 11.3 Å². The fourth-order valence-electron chi connectivity index (χ4n) is 1.52. The number of aromatic nitrogens is 1. The summed E-state index contributed by atoms with van der Waals surface area (Å²) >= 11 is 0. The van der Waals surface area contributed by atoms with Crippen molar-refractivity contribution in [1.29, 1.82) is 0 Å². The molecule has 1 N–H and O–H groups in total. The van der Waals surface area contributed by atoms with Crippen molar-refractivity contribution < 1.29 is 19.1 Å². The molecule has 2 rings (SSSR count). The van der Waals surface area contributed by atoms with Crippen LogP contribution in [-0.2, 0) is 21.7 Å². The Morgan fingerprint density at radius 3 is 2.89 bits per heavy atom. The van der Waals surface area contributed by atoms with Crippen molar-refractivity contribution in [2.24, 2.45) is 0 Å². The lowest BCUT2D eigenvalue weighted by atomic mass is 9.98. The van der Waals surface area contributed by atoms with Gasteiger partial charge in [0.15, 0.2) is 5.60 Å².